The second-order valence-electron chi connectivity index (χ2n) is 3.88. The summed E-state index contributed by atoms with van der Waals surface area (Å²) in [4.78, 5) is 8.04. The van der Waals surface area contributed by atoms with Gasteiger partial charge in [-0.3, -0.25) is 0 Å². The molecule has 1 heterocycles. The lowest BCUT2D eigenvalue weighted by Gasteiger charge is -2.14. The summed E-state index contributed by atoms with van der Waals surface area (Å²) in [5.74, 6) is -0.268. The van der Waals surface area contributed by atoms with Crippen molar-refractivity contribution in [3.05, 3.63) is 46.5 Å². The lowest BCUT2D eigenvalue weighted by atomic mass is 10.1. The Morgan fingerprint density at radius 2 is 2.05 bits per heavy atom. The molecule has 5 nitrogen and oxygen atoms in total. The van der Waals surface area contributed by atoms with Gasteiger partial charge in [0, 0.05) is 0 Å². The van der Waals surface area contributed by atoms with Crippen LogP contribution in [0.25, 0.3) is 0 Å². The van der Waals surface area contributed by atoms with Gasteiger partial charge in [0.2, 0.25) is 11.8 Å². The molecule has 7 heteroatoms. The molecule has 0 aliphatic heterocycles. The molecule has 0 saturated heterocycles. The molecule has 0 aliphatic carbocycles. The Hall–Kier alpha value is -1.92. The molecule has 1 aromatic heterocycles. The molecule has 2 rings (SSSR count). The van der Waals surface area contributed by atoms with E-state index in [4.69, 9.17) is 21.1 Å². The van der Waals surface area contributed by atoms with Crippen LogP contribution in [0.2, 0.25) is 5.02 Å². The van der Waals surface area contributed by atoms with Crippen LogP contribution in [-0.4, -0.2) is 29.3 Å². The van der Waals surface area contributed by atoms with Gasteiger partial charge < -0.3 is 14.6 Å². The van der Waals surface area contributed by atoms with Crippen LogP contribution in [0.4, 0.5) is 4.39 Å². The van der Waals surface area contributed by atoms with Crippen LogP contribution in [0, 0.1) is 5.82 Å². The largest absolute Gasteiger partial charge is 0.480 e. The molecule has 0 spiro atoms. The van der Waals surface area contributed by atoms with E-state index in [0.29, 0.717) is 5.56 Å². The monoisotopic (exact) mass is 298 g/mol. The van der Waals surface area contributed by atoms with E-state index < -0.39 is 11.9 Å². The summed E-state index contributed by atoms with van der Waals surface area (Å²) in [6, 6.07) is 4.00. The third kappa shape index (κ3) is 2.81. The number of aromatic nitrogens is 2. The summed E-state index contributed by atoms with van der Waals surface area (Å²) >= 11 is 5.60. The summed E-state index contributed by atoms with van der Waals surface area (Å²) in [5, 5.41) is 10.2. The fraction of sp³-hybridized carbons (Fsp3) is 0.231. The highest BCUT2D eigenvalue weighted by atomic mass is 35.5. The molecule has 1 aromatic carbocycles. The van der Waals surface area contributed by atoms with E-state index in [-0.39, 0.29) is 22.5 Å². The topological polar surface area (TPSA) is 64.5 Å². The molecule has 1 N–H and O–H groups in total. The van der Waals surface area contributed by atoms with Crippen molar-refractivity contribution >= 4 is 11.6 Å². The number of aliphatic hydroxyl groups excluding tert-OH is 1. The maximum atomic E-state index is 13.4. The molecule has 0 aliphatic rings. The fourth-order valence-corrected chi connectivity index (χ4v) is 1.76. The first-order valence-electron chi connectivity index (χ1n) is 5.64. The van der Waals surface area contributed by atoms with Gasteiger partial charge in [0.05, 0.1) is 25.4 Å². The molecule has 1 unspecified atom stereocenters. The van der Waals surface area contributed by atoms with Crippen LogP contribution < -0.4 is 9.47 Å². The second-order valence-corrected chi connectivity index (χ2v) is 4.29. The Kier molecular flexibility index (Phi) is 4.36. The number of hydrogen-bond acceptors (Lipinski definition) is 5. The normalized spacial score (nSPS) is 12.1. The van der Waals surface area contributed by atoms with E-state index >= 15 is 0 Å². The molecular formula is C13H12ClFN2O3. The number of nitrogens with zero attached hydrogens (tertiary/aromatic N) is 2. The van der Waals surface area contributed by atoms with Crippen molar-refractivity contribution in [2.45, 2.75) is 6.10 Å². The van der Waals surface area contributed by atoms with Crippen molar-refractivity contribution in [3.8, 4) is 11.8 Å². The Balaban J connectivity index is 2.41. The van der Waals surface area contributed by atoms with Crippen molar-refractivity contribution in [2.75, 3.05) is 14.2 Å². The molecule has 0 amide bonds. The first-order chi connectivity index (χ1) is 9.56. The van der Waals surface area contributed by atoms with E-state index in [2.05, 4.69) is 9.97 Å². The number of aliphatic hydroxyl groups is 1. The lowest BCUT2D eigenvalue weighted by molar-refractivity contribution is 0.206. The predicted octanol–water partition coefficient (Wildman–Crippen LogP) is 2.37. The van der Waals surface area contributed by atoms with Crippen LogP contribution >= 0.6 is 11.6 Å². The first kappa shape index (κ1) is 14.5. The molecule has 2 aromatic rings. The van der Waals surface area contributed by atoms with Gasteiger partial charge in [-0.2, -0.15) is 4.98 Å². The molecular weight excluding hydrogens is 287 g/mol. The lowest BCUT2D eigenvalue weighted by Crippen LogP contribution is -2.07. The average Bonchev–Trinajstić information content (AvgIpc) is 2.48. The minimum absolute atomic E-state index is 0.0197. The maximum absolute atomic E-state index is 13.4. The van der Waals surface area contributed by atoms with Crippen molar-refractivity contribution in [2.24, 2.45) is 0 Å². The molecule has 0 fully saturated rings. The van der Waals surface area contributed by atoms with Crippen LogP contribution in [-0.2, 0) is 0 Å². The highest BCUT2D eigenvalue weighted by Gasteiger charge is 2.20. The summed E-state index contributed by atoms with van der Waals surface area (Å²) in [5.41, 5.74) is 0.458. The summed E-state index contributed by atoms with van der Waals surface area (Å²) in [6.07, 6.45) is 0.156. The standard InChI is InChI=1S/C13H12ClFN2O3/c1-19-10-6-16-11(13(17-10)20-2)12(18)7-3-4-8(14)9(15)5-7/h3-6,12,18H,1-2H3. The highest BCUT2D eigenvalue weighted by molar-refractivity contribution is 6.30. The van der Waals surface area contributed by atoms with Crippen LogP contribution in [0.5, 0.6) is 11.8 Å². The van der Waals surface area contributed by atoms with Gasteiger partial charge in [0.25, 0.3) is 0 Å². The van der Waals surface area contributed by atoms with Gasteiger partial charge in [0.1, 0.15) is 17.6 Å². The number of benzene rings is 1. The van der Waals surface area contributed by atoms with Gasteiger partial charge in [-0.05, 0) is 17.7 Å². The van der Waals surface area contributed by atoms with Crippen molar-refractivity contribution in [1.29, 1.82) is 0 Å². The van der Waals surface area contributed by atoms with Crippen LogP contribution in [0.15, 0.2) is 24.4 Å². The highest BCUT2D eigenvalue weighted by Crippen LogP contribution is 2.29. The molecule has 106 valence electrons. The average molecular weight is 299 g/mol. The fourth-order valence-electron chi connectivity index (χ4n) is 1.64. The first-order valence-corrected chi connectivity index (χ1v) is 6.02. The van der Waals surface area contributed by atoms with E-state index in [9.17, 15) is 9.50 Å². The van der Waals surface area contributed by atoms with E-state index in [1.54, 1.807) is 0 Å². The van der Waals surface area contributed by atoms with Crippen molar-refractivity contribution in [1.82, 2.24) is 9.97 Å². The Morgan fingerprint density at radius 3 is 2.65 bits per heavy atom. The number of halogens is 2. The molecule has 1 atom stereocenters. The van der Waals surface area contributed by atoms with Gasteiger partial charge in [0.15, 0.2) is 0 Å². The van der Waals surface area contributed by atoms with E-state index in [1.807, 2.05) is 0 Å². The summed E-state index contributed by atoms with van der Waals surface area (Å²) in [6.45, 7) is 0. The van der Waals surface area contributed by atoms with E-state index in [1.165, 1.54) is 32.5 Å². The van der Waals surface area contributed by atoms with Gasteiger partial charge in [-0.15, -0.1) is 0 Å². The minimum Gasteiger partial charge on any atom is -0.480 e. The molecule has 20 heavy (non-hydrogen) atoms. The van der Waals surface area contributed by atoms with Crippen molar-refractivity contribution in [3.63, 3.8) is 0 Å². The minimum atomic E-state index is -1.19. The third-order valence-electron chi connectivity index (χ3n) is 2.67. The molecule has 0 radical (unpaired) electrons. The Labute approximate surface area is 120 Å². The zero-order valence-corrected chi connectivity index (χ0v) is 11.6. The molecule has 0 saturated carbocycles. The Bertz CT molecular complexity index is 625. The SMILES string of the molecule is COc1cnc(C(O)c2ccc(Cl)c(F)c2)c(OC)n1. The van der Waals surface area contributed by atoms with Gasteiger partial charge in [-0.25, -0.2) is 9.37 Å². The smallest absolute Gasteiger partial charge is 0.241 e. The quantitative estimate of drug-likeness (QED) is 0.939. The predicted molar refractivity (Wildman–Crippen MR) is 70.6 cm³/mol. The maximum Gasteiger partial charge on any atom is 0.241 e. The van der Waals surface area contributed by atoms with E-state index in [0.717, 1.165) is 6.07 Å². The molecule has 0 bridgehead atoms. The van der Waals surface area contributed by atoms with Crippen LogP contribution in [0.1, 0.15) is 17.4 Å². The Morgan fingerprint density at radius 1 is 1.30 bits per heavy atom. The number of ether oxygens (including phenoxy) is 2. The summed E-state index contributed by atoms with van der Waals surface area (Å²) < 4.78 is 23.4. The van der Waals surface area contributed by atoms with Crippen molar-refractivity contribution < 1.29 is 19.0 Å². The zero-order valence-electron chi connectivity index (χ0n) is 10.8. The second kappa shape index (κ2) is 6.02. The van der Waals surface area contributed by atoms with Gasteiger partial charge in [-0.1, -0.05) is 17.7 Å². The summed E-state index contributed by atoms with van der Waals surface area (Å²) in [7, 11) is 2.83. The number of hydrogen-bond donors (Lipinski definition) is 1. The van der Waals surface area contributed by atoms with Crippen LogP contribution in [0.3, 0.4) is 0 Å². The number of rotatable bonds is 4. The van der Waals surface area contributed by atoms with Gasteiger partial charge >= 0.3 is 0 Å². The number of methoxy groups -OCH3 is 2. The third-order valence-corrected chi connectivity index (χ3v) is 2.97. The zero-order chi connectivity index (χ0) is 14.7.